The summed E-state index contributed by atoms with van der Waals surface area (Å²) in [5.41, 5.74) is 1.39. The zero-order valence-corrected chi connectivity index (χ0v) is 13.5. The summed E-state index contributed by atoms with van der Waals surface area (Å²) in [6, 6.07) is 8.88. The molecule has 2 aromatic rings. The Hall–Kier alpha value is -2.39. The number of ether oxygens (including phenoxy) is 1. The van der Waals surface area contributed by atoms with Crippen LogP contribution in [0.1, 0.15) is 30.0 Å². The van der Waals surface area contributed by atoms with Crippen molar-refractivity contribution >= 4 is 22.4 Å². The third kappa shape index (κ3) is 3.62. The molecule has 1 amide bonds. The van der Waals surface area contributed by atoms with Crippen LogP contribution in [0.15, 0.2) is 24.3 Å². The van der Waals surface area contributed by atoms with Crippen molar-refractivity contribution in [3.05, 3.63) is 40.4 Å². The van der Waals surface area contributed by atoms with Gasteiger partial charge in [0.25, 0.3) is 5.91 Å². The van der Waals surface area contributed by atoms with Crippen LogP contribution in [0.25, 0.3) is 0 Å². The number of carbonyl (C=O) groups excluding carboxylic acids is 1. The molecule has 0 unspecified atom stereocenters. The Morgan fingerprint density at radius 1 is 1.50 bits per heavy atom. The number of nitrogens with zero attached hydrogens (tertiary/aromatic N) is 2. The molecule has 0 spiro atoms. The molecule has 0 aliphatic rings. The minimum atomic E-state index is -0.719. The molecule has 0 saturated heterocycles. The van der Waals surface area contributed by atoms with Gasteiger partial charge in [0.05, 0.1) is 11.3 Å². The van der Waals surface area contributed by atoms with Gasteiger partial charge in [-0.15, -0.1) is 11.3 Å². The van der Waals surface area contributed by atoms with Gasteiger partial charge in [0.1, 0.15) is 11.8 Å². The number of nitriles is 1. The molecule has 1 aromatic heterocycles. The molecule has 6 heteroatoms. The van der Waals surface area contributed by atoms with E-state index in [0.717, 1.165) is 17.0 Å². The number of nitrogens with one attached hydrogen (secondary N) is 1. The second-order valence-electron chi connectivity index (χ2n) is 4.73. The van der Waals surface area contributed by atoms with E-state index in [1.807, 2.05) is 19.9 Å². The molecule has 1 heterocycles. The lowest BCUT2D eigenvalue weighted by atomic mass is 10.2. The van der Waals surface area contributed by atoms with Gasteiger partial charge in [0, 0.05) is 4.88 Å². The second-order valence-corrected chi connectivity index (χ2v) is 5.94. The highest BCUT2D eigenvalue weighted by atomic mass is 32.1. The van der Waals surface area contributed by atoms with Crippen molar-refractivity contribution in [1.29, 1.82) is 5.26 Å². The molecule has 0 aliphatic carbocycles. The number of aryl methyl sites for hydroxylation is 2. The lowest BCUT2D eigenvalue weighted by Crippen LogP contribution is -2.30. The van der Waals surface area contributed by atoms with Gasteiger partial charge < -0.3 is 4.74 Å². The van der Waals surface area contributed by atoms with Crippen molar-refractivity contribution in [3.63, 3.8) is 0 Å². The minimum Gasteiger partial charge on any atom is -0.480 e. The van der Waals surface area contributed by atoms with Crippen molar-refractivity contribution in [2.75, 3.05) is 5.32 Å². The van der Waals surface area contributed by atoms with Crippen LogP contribution in [0.5, 0.6) is 5.75 Å². The maximum Gasteiger partial charge on any atom is 0.266 e. The topological polar surface area (TPSA) is 75.0 Å². The molecule has 0 bridgehead atoms. The summed E-state index contributed by atoms with van der Waals surface area (Å²) < 4.78 is 5.58. The maximum absolute atomic E-state index is 12.2. The largest absolute Gasteiger partial charge is 0.480 e. The lowest BCUT2D eigenvalue weighted by Gasteiger charge is -2.14. The number of carbonyl (C=O) groups is 1. The van der Waals surface area contributed by atoms with Crippen LogP contribution in [-0.4, -0.2) is 17.0 Å². The average Bonchev–Trinajstić information content (AvgIpc) is 2.87. The van der Waals surface area contributed by atoms with Crippen LogP contribution in [0.3, 0.4) is 0 Å². The van der Waals surface area contributed by atoms with E-state index in [1.165, 1.54) is 11.3 Å². The Balaban J connectivity index is 2.04. The number of para-hydroxylation sites is 1. The number of hydrogen-bond acceptors (Lipinski definition) is 5. The van der Waals surface area contributed by atoms with Crippen LogP contribution in [0, 0.1) is 18.3 Å². The molecule has 2 rings (SSSR count). The van der Waals surface area contributed by atoms with Gasteiger partial charge in [0.2, 0.25) is 0 Å². The van der Waals surface area contributed by atoms with E-state index in [4.69, 9.17) is 10.00 Å². The zero-order chi connectivity index (χ0) is 16.1. The summed E-state index contributed by atoms with van der Waals surface area (Å²) in [6.45, 7) is 5.65. The Kier molecular flexibility index (Phi) is 5.12. The molecule has 0 saturated carbocycles. The van der Waals surface area contributed by atoms with Gasteiger partial charge in [-0.2, -0.15) is 5.26 Å². The SMILES string of the molecule is CCc1nc(NC(=O)[C@@H](C)Oc2ccccc2C#N)sc1C. The summed E-state index contributed by atoms with van der Waals surface area (Å²) in [5, 5.41) is 12.4. The summed E-state index contributed by atoms with van der Waals surface area (Å²) in [4.78, 5) is 17.6. The van der Waals surface area contributed by atoms with E-state index >= 15 is 0 Å². The molecule has 1 aromatic carbocycles. The van der Waals surface area contributed by atoms with Crippen molar-refractivity contribution in [3.8, 4) is 11.8 Å². The summed E-state index contributed by atoms with van der Waals surface area (Å²) in [7, 11) is 0. The van der Waals surface area contributed by atoms with Crippen LogP contribution in [0.2, 0.25) is 0 Å². The lowest BCUT2D eigenvalue weighted by molar-refractivity contribution is -0.122. The van der Waals surface area contributed by atoms with Crippen molar-refractivity contribution < 1.29 is 9.53 Å². The normalized spacial score (nSPS) is 11.5. The summed E-state index contributed by atoms with van der Waals surface area (Å²) in [6.07, 6.45) is 0.114. The first-order valence-electron chi connectivity index (χ1n) is 6.98. The number of rotatable bonds is 5. The van der Waals surface area contributed by atoms with Gasteiger partial charge in [-0.25, -0.2) is 4.98 Å². The number of aromatic nitrogens is 1. The molecule has 1 N–H and O–H groups in total. The third-order valence-corrected chi connectivity index (χ3v) is 4.07. The molecule has 0 fully saturated rings. The van der Waals surface area contributed by atoms with Crippen molar-refractivity contribution in [1.82, 2.24) is 4.98 Å². The zero-order valence-electron chi connectivity index (χ0n) is 12.7. The van der Waals surface area contributed by atoms with E-state index in [0.29, 0.717) is 16.4 Å². The van der Waals surface area contributed by atoms with Gasteiger partial charge in [-0.05, 0) is 32.4 Å². The number of thiazole rings is 1. The fourth-order valence-corrected chi connectivity index (χ4v) is 2.83. The standard InChI is InChI=1S/C16H17N3O2S/c1-4-13-11(3)22-16(18-13)19-15(20)10(2)21-14-8-6-5-7-12(14)9-17/h5-8,10H,4H2,1-3H3,(H,18,19,20)/t10-/m1/s1. The van der Waals surface area contributed by atoms with Crippen LogP contribution in [-0.2, 0) is 11.2 Å². The highest BCUT2D eigenvalue weighted by Gasteiger charge is 2.18. The summed E-state index contributed by atoms with van der Waals surface area (Å²) >= 11 is 1.45. The first-order valence-corrected chi connectivity index (χ1v) is 7.79. The Labute approximate surface area is 133 Å². The molecule has 1 atom stereocenters. The minimum absolute atomic E-state index is 0.288. The van der Waals surface area contributed by atoms with E-state index < -0.39 is 6.10 Å². The number of benzene rings is 1. The predicted molar refractivity (Wildman–Crippen MR) is 86.1 cm³/mol. The Morgan fingerprint density at radius 3 is 2.86 bits per heavy atom. The predicted octanol–water partition coefficient (Wildman–Crippen LogP) is 3.29. The molecule has 114 valence electrons. The molecule has 0 aliphatic heterocycles. The highest BCUT2D eigenvalue weighted by molar-refractivity contribution is 7.15. The van der Waals surface area contributed by atoms with Crippen LogP contribution < -0.4 is 10.1 Å². The first-order chi connectivity index (χ1) is 10.5. The highest BCUT2D eigenvalue weighted by Crippen LogP contribution is 2.23. The maximum atomic E-state index is 12.2. The molecule has 22 heavy (non-hydrogen) atoms. The van der Waals surface area contributed by atoms with Gasteiger partial charge >= 0.3 is 0 Å². The van der Waals surface area contributed by atoms with Crippen molar-refractivity contribution in [2.24, 2.45) is 0 Å². The van der Waals surface area contributed by atoms with Crippen LogP contribution >= 0.6 is 11.3 Å². The van der Waals surface area contributed by atoms with Gasteiger partial charge in [-0.3, -0.25) is 10.1 Å². The molecule has 0 radical (unpaired) electrons. The number of amides is 1. The average molecular weight is 315 g/mol. The van der Waals surface area contributed by atoms with Crippen LogP contribution in [0.4, 0.5) is 5.13 Å². The van der Waals surface area contributed by atoms with Gasteiger partial charge in [0.15, 0.2) is 11.2 Å². The van der Waals surface area contributed by atoms with Crippen molar-refractivity contribution in [2.45, 2.75) is 33.3 Å². The van der Waals surface area contributed by atoms with Gasteiger partial charge in [-0.1, -0.05) is 19.1 Å². The fraction of sp³-hybridized carbons (Fsp3) is 0.312. The Bertz CT molecular complexity index is 718. The third-order valence-electron chi connectivity index (χ3n) is 3.14. The number of hydrogen-bond donors (Lipinski definition) is 1. The molecular formula is C16H17N3O2S. The van der Waals surface area contributed by atoms with E-state index in [9.17, 15) is 4.79 Å². The summed E-state index contributed by atoms with van der Waals surface area (Å²) in [5.74, 6) is 0.112. The molecular weight excluding hydrogens is 298 g/mol. The molecule has 5 nitrogen and oxygen atoms in total. The smallest absolute Gasteiger partial charge is 0.266 e. The second kappa shape index (κ2) is 7.05. The van der Waals surface area contributed by atoms with E-state index in [2.05, 4.69) is 10.3 Å². The first kappa shape index (κ1) is 16.0. The Morgan fingerprint density at radius 2 is 2.23 bits per heavy atom. The quantitative estimate of drug-likeness (QED) is 0.918. The monoisotopic (exact) mass is 315 g/mol. The fourth-order valence-electron chi connectivity index (χ4n) is 1.92. The van der Waals surface area contributed by atoms with E-state index in [-0.39, 0.29) is 5.91 Å². The van der Waals surface area contributed by atoms with E-state index in [1.54, 1.807) is 31.2 Å². The number of anilines is 1.